The van der Waals surface area contributed by atoms with E-state index in [1.165, 1.54) is 6.07 Å². The van der Waals surface area contributed by atoms with Crippen molar-refractivity contribution in [2.24, 2.45) is 0 Å². The van der Waals surface area contributed by atoms with Gasteiger partial charge in [0.1, 0.15) is 6.04 Å². The lowest BCUT2D eigenvalue weighted by atomic mass is 10.1. The predicted molar refractivity (Wildman–Crippen MR) is 87.3 cm³/mol. The average molecular weight is 350 g/mol. The summed E-state index contributed by atoms with van der Waals surface area (Å²) >= 11 is 13.3. The standard InChI is InChI=1S/C14H17Cl2NO3S/c1-3-20-14(19)12(6-7-21-2)17-13(18)9-4-5-10(15)11(16)8-9/h4-5,8,12H,3,6-7H2,1-2H3,(H,17,18)/t12-/m0/s1. The van der Waals surface area contributed by atoms with Crippen molar-refractivity contribution < 1.29 is 14.3 Å². The Kier molecular flexibility index (Phi) is 7.93. The van der Waals surface area contributed by atoms with Gasteiger partial charge in [0.05, 0.1) is 16.7 Å². The number of rotatable bonds is 7. The zero-order chi connectivity index (χ0) is 15.8. The van der Waals surface area contributed by atoms with E-state index >= 15 is 0 Å². The van der Waals surface area contributed by atoms with Gasteiger partial charge in [0.25, 0.3) is 5.91 Å². The molecule has 1 rings (SSSR count). The van der Waals surface area contributed by atoms with Gasteiger partial charge in [-0.3, -0.25) is 4.79 Å². The molecule has 116 valence electrons. The molecule has 1 atom stereocenters. The topological polar surface area (TPSA) is 55.4 Å². The first-order chi connectivity index (χ1) is 9.99. The van der Waals surface area contributed by atoms with Gasteiger partial charge < -0.3 is 10.1 Å². The molecule has 0 heterocycles. The van der Waals surface area contributed by atoms with Crippen molar-refractivity contribution in [3.8, 4) is 0 Å². The number of carbonyl (C=O) groups is 2. The Morgan fingerprint density at radius 2 is 2.05 bits per heavy atom. The fourth-order valence-corrected chi connectivity index (χ4v) is 2.38. The van der Waals surface area contributed by atoms with Crippen LogP contribution in [0.3, 0.4) is 0 Å². The van der Waals surface area contributed by atoms with Crippen molar-refractivity contribution in [2.45, 2.75) is 19.4 Å². The summed E-state index contributed by atoms with van der Waals surface area (Å²) in [4.78, 5) is 24.0. The maximum absolute atomic E-state index is 12.2. The van der Waals surface area contributed by atoms with Crippen LogP contribution in [0.5, 0.6) is 0 Å². The number of carbonyl (C=O) groups excluding carboxylic acids is 2. The average Bonchev–Trinajstić information content (AvgIpc) is 2.46. The van der Waals surface area contributed by atoms with E-state index in [-0.39, 0.29) is 12.5 Å². The van der Waals surface area contributed by atoms with E-state index in [9.17, 15) is 9.59 Å². The van der Waals surface area contributed by atoms with Crippen LogP contribution in [0.1, 0.15) is 23.7 Å². The molecule has 0 spiro atoms. The normalized spacial score (nSPS) is 11.8. The minimum Gasteiger partial charge on any atom is -0.464 e. The number of hydrogen-bond donors (Lipinski definition) is 1. The molecule has 0 aliphatic heterocycles. The highest BCUT2D eigenvalue weighted by Gasteiger charge is 2.22. The zero-order valence-electron chi connectivity index (χ0n) is 11.8. The largest absolute Gasteiger partial charge is 0.464 e. The molecule has 0 unspecified atom stereocenters. The number of nitrogens with one attached hydrogen (secondary N) is 1. The van der Waals surface area contributed by atoms with Gasteiger partial charge in [-0.25, -0.2) is 4.79 Å². The smallest absolute Gasteiger partial charge is 0.328 e. The van der Waals surface area contributed by atoms with Crippen LogP contribution >= 0.6 is 35.0 Å². The summed E-state index contributed by atoms with van der Waals surface area (Å²) in [6.07, 6.45) is 2.44. The number of hydrogen-bond acceptors (Lipinski definition) is 4. The molecule has 7 heteroatoms. The number of halogens is 2. The molecule has 21 heavy (non-hydrogen) atoms. The van der Waals surface area contributed by atoms with Gasteiger partial charge in [-0.1, -0.05) is 23.2 Å². The van der Waals surface area contributed by atoms with Crippen LogP contribution < -0.4 is 5.32 Å². The van der Waals surface area contributed by atoms with E-state index in [0.717, 1.165) is 5.75 Å². The fourth-order valence-electron chi connectivity index (χ4n) is 1.61. The highest BCUT2D eigenvalue weighted by molar-refractivity contribution is 7.98. The number of thioether (sulfide) groups is 1. The van der Waals surface area contributed by atoms with Gasteiger partial charge in [0.2, 0.25) is 0 Å². The van der Waals surface area contributed by atoms with E-state index in [2.05, 4.69) is 5.32 Å². The van der Waals surface area contributed by atoms with Crippen molar-refractivity contribution in [3.05, 3.63) is 33.8 Å². The van der Waals surface area contributed by atoms with Crippen LogP contribution in [0.25, 0.3) is 0 Å². The number of esters is 1. The molecule has 0 aliphatic carbocycles. The van der Waals surface area contributed by atoms with Crippen molar-refractivity contribution in [3.63, 3.8) is 0 Å². The molecule has 0 aromatic heterocycles. The monoisotopic (exact) mass is 349 g/mol. The molecule has 1 aromatic rings. The third-order valence-electron chi connectivity index (χ3n) is 2.67. The van der Waals surface area contributed by atoms with E-state index in [1.807, 2.05) is 6.26 Å². The molecular weight excluding hydrogens is 333 g/mol. The number of amides is 1. The minimum absolute atomic E-state index is 0.275. The highest BCUT2D eigenvalue weighted by Crippen LogP contribution is 2.22. The lowest BCUT2D eigenvalue weighted by molar-refractivity contribution is -0.145. The van der Waals surface area contributed by atoms with Crippen LogP contribution in [0, 0.1) is 0 Å². The van der Waals surface area contributed by atoms with Crippen LogP contribution in [0.2, 0.25) is 10.0 Å². The second-order valence-corrected chi connectivity index (χ2v) is 5.99. The summed E-state index contributed by atoms with van der Waals surface area (Å²) < 4.78 is 4.97. The predicted octanol–water partition coefficient (Wildman–Crippen LogP) is 3.41. The van der Waals surface area contributed by atoms with E-state index in [1.54, 1.807) is 30.8 Å². The molecule has 0 saturated heterocycles. The third kappa shape index (κ3) is 5.77. The summed E-state index contributed by atoms with van der Waals surface area (Å²) in [5.41, 5.74) is 0.350. The second-order valence-electron chi connectivity index (χ2n) is 4.19. The molecular formula is C14H17Cl2NO3S. The maximum atomic E-state index is 12.2. The summed E-state index contributed by atoms with van der Waals surface area (Å²) in [5.74, 6) is -0.0711. The van der Waals surface area contributed by atoms with E-state index in [0.29, 0.717) is 22.0 Å². The second kappa shape index (κ2) is 9.18. The van der Waals surface area contributed by atoms with Crippen LogP contribution in [-0.2, 0) is 9.53 Å². The van der Waals surface area contributed by atoms with Gasteiger partial charge >= 0.3 is 5.97 Å². The summed E-state index contributed by atoms with van der Waals surface area (Å²) in [6.45, 7) is 2.00. The Bertz CT molecular complexity index is 511. The van der Waals surface area contributed by atoms with Gasteiger partial charge in [0, 0.05) is 5.56 Å². The minimum atomic E-state index is -0.667. The lowest BCUT2D eigenvalue weighted by Gasteiger charge is -2.17. The van der Waals surface area contributed by atoms with Crippen LogP contribution in [-0.4, -0.2) is 36.5 Å². The lowest BCUT2D eigenvalue weighted by Crippen LogP contribution is -2.42. The first kappa shape index (κ1) is 18.1. The molecule has 1 aromatic carbocycles. The van der Waals surface area contributed by atoms with E-state index < -0.39 is 12.0 Å². The fraction of sp³-hybridized carbons (Fsp3) is 0.429. The van der Waals surface area contributed by atoms with Crippen LogP contribution in [0.4, 0.5) is 0 Å². The molecule has 4 nitrogen and oxygen atoms in total. The Morgan fingerprint density at radius 1 is 1.33 bits per heavy atom. The first-order valence-electron chi connectivity index (χ1n) is 6.41. The van der Waals surface area contributed by atoms with E-state index in [4.69, 9.17) is 27.9 Å². The highest BCUT2D eigenvalue weighted by atomic mass is 35.5. The SMILES string of the molecule is CCOC(=O)[C@H](CCSC)NC(=O)c1ccc(Cl)c(Cl)c1. The molecule has 1 N–H and O–H groups in total. The van der Waals surface area contributed by atoms with Gasteiger partial charge in [0.15, 0.2) is 0 Å². The number of ether oxygens (including phenoxy) is 1. The first-order valence-corrected chi connectivity index (χ1v) is 8.56. The molecule has 0 bridgehead atoms. The van der Waals surface area contributed by atoms with Crippen molar-refractivity contribution in [1.82, 2.24) is 5.32 Å². The summed E-state index contributed by atoms with van der Waals surface area (Å²) in [5, 5.41) is 3.34. The van der Waals surface area contributed by atoms with Gasteiger partial charge in [-0.2, -0.15) is 11.8 Å². The third-order valence-corrected chi connectivity index (χ3v) is 4.05. The van der Waals surface area contributed by atoms with Crippen LogP contribution in [0.15, 0.2) is 18.2 Å². The molecule has 1 amide bonds. The quantitative estimate of drug-likeness (QED) is 0.766. The molecule has 0 aliphatic rings. The molecule has 0 fully saturated rings. The Hall–Kier alpha value is -0.910. The Balaban J connectivity index is 2.78. The van der Waals surface area contributed by atoms with Gasteiger partial charge in [-0.15, -0.1) is 0 Å². The molecule has 0 radical (unpaired) electrons. The molecule has 0 saturated carbocycles. The summed E-state index contributed by atoms with van der Waals surface area (Å²) in [6, 6.07) is 3.90. The Labute approximate surface area is 138 Å². The Morgan fingerprint density at radius 3 is 2.62 bits per heavy atom. The van der Waals surface area contributed by atoms with Crippen molar-refractivity contribution in [2.75, 3.05) is 18.6 Å². The van der Waals surface area contributed by atoms with Crippen molar-refractivity contribution in [1.29, 1.82) is 0 Å². The summed E-state index contributed by atoms with van der Waals surface area (Å²) in [7, 11) is 0. The zero-order valence-corrected chi connectivity index (χ0v) is 14.1. The maximum Gasteiger partial charge on any atom is 0.328 e. The van der Waals surface area contributed by atoms with Crippen molar-refractivity contribution >= 4 is 46.8 Å². The number of benzene rings is 1. The van der Waals surface area contributed by atoms with Gasteiger partial charge in [-0.05, 0) is 43.6 Å².